The number of halogens is 1. The van der Waals surface area contributed by atoms with Gasteiger partial charge in [0.1, 0.15) is 5.75 Å². The quantitative estimate of drug-likeness (QED) is 0.732. The number of ether oxygens (including phenoxy) is 1. The maximum atomic E-state index is 6.16. The maximum absolute atomic E-state index is 6.16. The lowest BCUT2D eigenvalue weighted by atomic mass is 10.2. The van der Waals surface area contributed by atoms with Gasteiger partial charge in [-0.3, -0.25) is 0 Å². The number of nitrogens with one attached hydrogen (secondary N) is 1. The normalized spacial score (nSPS) is 10.5. The van der Waals surface area contributed by atoms with E-state index in [0.717, 1.165) is 37.6 Å². The fourth-order valence-electron chi connectivity index (χ4n) is 1.43. The summed E-state index contributed by atoms with van der Waals surface area (Å²) in [5, 5.41) is 3.97. The Bertz CT molecular complexity index is 333. The molecule has 1 aromatic rings. The molecule has 0 radical (unpaired) electrons. The van der Waals surface area contributed by atoms with E-state index in [4.69, 9.17) is 16.3 Å². The van der Waals surface area contributed by atoms with Gasteiger partial charge in [0.05, 0.1) is 11.6 Å². The maximum Gasteiger partial charge on any atom is 0.137 e. The lowest BCUT2D eigenvalue weighted by Crippen LogP contribution is -2.11. The Morgan fingerprint density at radius 3 is 2.88 bits per heavy atom. The molecule has 0 atom stereocenters. The van der Waals surface area contributed by atoms with Crippen LogP contribution in [0.1, 0.15) is 18.9 Å². The SMILES string of the molecule is CCNCc1ccc(OCCCSC)c(Cl)c1. The predicted octanol–water partition coefficient (Wildman–Crippen LogP) is 3.58. The molecule has 1 rings (SSSR count). The van der Waals surface area contributed by atoms with Gasteiger partial charge in [-0.2, -0.15) is 11.8 Å². The topological polar surface area (TPSA) is 21.3 Å². The second-order valence-corrected chi connectivity index (χ2v) is 5.13. The van der Waals surface area contributed by atoms with Crippen molar-refractivity contribution in [3.05, 3.63) is 28.8 Å². The van der Waals surface area contributed by atoms with E-state index in [1.54, 1.807) is 0 Å². The van der Waals surface area contributed by atoms with Crippen molar-refractivity contribution in [2.45, 2.75) is 19.9 Å². The van der Waals surface area contributed by atoms with Crippen molar-refractivity contribution < 1.29 is 4.74 Å². The third-order valence-electron chi connectivity index (χ3n) is 2.33. The van der Waals surface area contributed by atoms with Gasteiger partial charge in [0.2, 0.25) is 0 Å². The third-order valence-corrected chi connectivity index (χ3v) is 3.32. The van der Waals surface area contributed by atoms with Gasteiger partial charge in [-0.1, -0.05) is 24.6 Å². The Labute approximate surface area is 113 Å². The molecule has 0 spiro atoms. The Kier molecular flexibility index (Phi) is 7.49. The van der Waals surface area contributed by atoms with Gasteiger partial charge in [-0.25, -0.2) is 0 Å². The second kappa shape index (κ2) is 8.67. The molecule has 0 unspecified atom stereocenters. The van der Waals surface area contributed by atoms with Gasteiger partial charge in [0.15, 0.2) is 0 Å². The summed E-state index contributed by atoms with van der Waals surface area (Å²) in [6.07, 6.45) is 3.15. The molecule has 96 valence electrons. The van der Waals surface area contributed by atoms with Crippen LogP contribution < -0.4 is 10.1 Å². The molecule has 0 saturated carbocycles. The summed E-state index contributed by atoms with van der Waals surface area (Å²) in [5.41, 5.74) is 1.19. The average Bonchev–Trinajstić information content (AvgIpc) is 2.34. The first-order valence-corrected chi connectivity index (χ1v) is 7.66. The van der Waals surface area contributed by atoms with Crippen LogP contribution in [0.2, 0.25) is 5.02 Å². The molecular formula is C13H20ClNOS. The molecule has 4 heteroatoms. The van der Waals surface area contributed by atoms with E-state index in [0.29, 0.717) is 5.02 Å². The highest BCUT2D eigenvalue weighted by Gasteiger charge is 2.02. The highest BCUT2D eigenvalue weighted by molar-refractivity contribution is 7.98. The molecule has 0 saturated heterocycles. The van der Waals surface area contributed by atoms with E-state index >= 15 is 0 Å². The summed E-state index contributed by atoms with van der Waals surface area (Å²) in [7, 11) is 0. The van der Waals surface area contributed by atoms with Gasteiger partial charge in [0, 0.05) is 6.54 Å². The van der Waals surface area contributed by atoms with E-state index in [2.05, 4.69) is 24.6 Å². The molecule has 0 bridgehead atoms. The summed E-state index contributed by atoms with van der Waals surface area (Å²) in [6.45, 7) is 4.63. The molecule has 0 aliphatic rings. The smallest absolute Gasteiger partial charge is 0.137 e. The standard InChI is InChI=1S/C13H20ClNOS/c1-3-15-10-11-5-6-13(12(14)9-11)16-7-4-8-17-2/h5-6,9,15H,3-4,7-8,10H2,1-2H3. The zero-order valence-electron chi connectivity index (χ0n) is 10.5. The monoisotopic (exact) mass is 273 g/mol. The molecule has 17 heavy (non-hydrogen) atoms. The fraction of sp³-hybridized carbons (Fsp3) is 0.538. The summed E-state index contributed by atoms with van der Waals surface area (Å²) < 4.78 is 5.63. The first kappa shape index (κ1) is 14.7. The van der Waals surface area contributed by atoms with Crippen LogP contribution in [0.5, 0.6) is 5.75 Å². The van der Waals surface area contributed by atoms with Crippen LogP contribution in [-0.4, -0.2) is 25.2 Å². The Morgan fingerprint density at radius 1 is 1.41 bits per heavy atom. The van der Waals surface area contributed by atoms with Crippen LogP contribution in [0.3, 0.4) is 0 Å². The number of thioether (sulfide) groups is 1. The third kappa shape index (κ3) is 5.66. The Morgan fingerprint density at radius 2 is 2.24 bits per heavy atom. The van der Waals surface area contributed by atoms with Crippen molar-refractivity contribution in [3.8, 4) is 5.75 Å². The summed E-state index contributed by atoms with van der Waals surface area (Å²) in [6, 6.07) is 5.97. The predicted molar refractivity (Wildman–Crippen MR) is 77.3 cm³/mol. The molecule has 2 nitrogen and oxygen atoms in total. The van der Waals surface area contributed by atoms with Crippen molar-refractivity contribution in [1.82, 2.24) is 5.32 Å². The second-order valence-electron chi connectivity index (χ2n) is 3.74. The van der Waals surface area contributed by atoms with Gasteiger partial charge in [-0.05, 0) is 42.7 Å². The number of benzene rings is 1. The Hall–Kier alpha value is -0.380. The zero-order chi connectivity index (χ0) is 12.5. The zero-order valence-corrected chi connectivity index (χ0v) is 12.0. The molecule has 0 aliphatic heterocycles. The van der Waals surface area contributed by atoms with Gasteiger partial charge < -0.3 is 10.1 Å². The number of rotatable bonds is 8. The molecule has 0 aromatic heterocycles. The van der Waals surface area contributed by atoms with Gasteiger partial charge in [-0.15, -0.1) is 0 Å². The number of hydrogen-bond donors (Lipinski definition) is 1. The van der Waals surface area contributed by atoms with E-state index in [9.17, 15) is 0 Å². The van der Waals surface area contributed by atoms with E-state index in [1.165, 1.54) is 5.56 Å². The highest BCUT2D eigenvalue weighted by Crippen LogP contribution is 2.25. The molecule has 0 amide bonds. The summed E-state index contributed by atoms with van der Waals surface area (Å²) in [5.74, 6) is 1.91. The molecule has 0 heterocycles. The van der Waals surface area contributed by atoms with Crippen LogP contribution >= 0.6 is 23.4 Å². The van der Waals surface area contributed by atoms with Crippen molar-refractivity contribution >= 4 is 23.4 Å². The van der Waals surface area contributed by atoms with Crippen LogP contribution in [0.25, 0.3) is 0 Å². The van der Waals surface area contributed by atoms with E-state index in [1.807, 2.05) is 23.9 Å². The molecular weight excluding hydrogens is 254 g/mol. The van der Waals surface area contributed by atoms with Crippen molar-refractivity contribution in [2.24, 2.45) is 0 Å². The summed E-state index contributed by atoms with van der Waals surface area (Å²) in [4.78, 5) is 0. The average molecular weight is 274 g/mol. The molecule has 1 N–H and O–H groups in total. The molecule has 0 aliphatic carbocycles. The van der Waals surface area contributed by atoms with Gasteiger partial charge in [0.25, 0.3) is 0 Å². The lowest BCUT2D eigenvalue weighted by Gasteiger charge is -2.09. The minimum Gasteiger partial charge on any atom is -0.492 e. The van der Waals surface area contributed by atoms with Crippen LogP contribution in [0, 0.1) is 0 Å². The van der Waals surface area contributed by atoms with Gasteiger partial charge >= 0.3 is 0 Å². The largest absolute Gasteiger partial charge is 0.492 e. The van der Waals surface area contributed by atoms with Crippen LogP contribution in [0.4, 0.5) is 0 Å². The fourth-order valence-corrected chi connectivity index (χ4v) is 2.09. The van der Waals surface area contributed by atoms with E-state index < -0.39 is 0 Å². The summed E-state index contributed by atoms with van der Waals surface area (Å²) >= 11 is 7.99. The van der Waals surface area contributed by atoms with Crippen LogP contribution in [-0.2, 0) is 6.54 Å². The van der Waals surface area contributed by atoms with Crippen molar-refractivity contribution in [1.29, 1.82) is 0 Å². The minimum absolute atomic E-state index is 0.699. The molecule has 1 aromatic carbocycles. The highest BCUT2D eigenvalue weighted by atomic mass is 35.5. The molecule has 0 fully saturated rings. The first-order chi connectivity index (χ1) is 8.27. The van der Waals surface area contributed by atoms with Crippen LogP contribution in [0.15, 0.2) is 18.2 Å². The van der Waals surface area contributed by atoms with Crippen molar-refractivity contribution in [3.63, 3.8) is 0 Å². The van der Waals surface area contributed by atoms with E-state index in [-0.39, 0.29) is 0 Å². The lowest BCUT2D eigenvalue weighted by molar-refractivity contribution is 0.319. The number of hydrogen-bond acceptors (Lipinski definition) is 3. The van der Waals surface area contributed by atoms with Crippen molar-refractivity contribution in [2.75, 3.05) is 25.2 Å². The Balaban J connectivity index is 2.45. The minimum atomic E-state index is 0.699. The first-order valence-electron chi connectivity index (χ1n) is 5.88.